The van der Waals surface area contributed by atoms with Crippen molar-refractivity contribution in [2.45, 2.75) is 25.0 Å². The van der Waals surface area contributed by atoms with Crippen molar-refractivity contribution in [2.75, 3.05) is 26.3 Å². The number of hydrogen-bond donors (Lipinski definition) is 4. The van der Waals surface area contributed by atoms with E-state index in [9.17, 15) is 14.0 Å². The lowest BCUT2D eigenvalue weighted by Gasteiger charge is -2.32. The molecule has 0 saturated heterocycles. The third-order valence-electron chi connectivity index (χ3n) is 5.17. The van der Waals surface area contributed by atoms with Crippen molar-refractivity contribution in [3.05, 3.63) is 70.1 Å². The third kappa shape index (κ3) is 7.83. The molecule has 11 heteroatoms. The molecule has 0 bridgehead atoms. The smallest absolute Gasteiger partial charge is 0.265 e. The molecule has 2 atom stereocenters. The van der Waals surface area contributed by atoms with E-state index in [1.165, 1.54) is 12.1 Å². The SMILES string of the molecule is C=C(CCNC(=O)COc1ccc(Cl)c(F)c1)NC(=O)C1CC(NCCO)c2cc(Cl)ccc2O1. The largest absolute Gasteiger partial charge is 0.484 e. The highest BCUT2D eigenvalue weighted by Gasteiger charge is 2.32. The Bertz CT molecular complexity index is 1090. The van der Waals surface area contributed by atoms with Crippen LogP contribution < -0.4 is 25.4 Å². The van der Waals surface area contributed by atoms with Crippen molar-refractivity contribution in [3.8, 4) is 11.5 Å². The molecule has 0 fully saturated rings. The van der Waals surface area contributed by atoms with E-state index < -0.39 is 17.8 Å². The average molecular weight is 526 g/mol. The molecule has 0 spiro atoms. The molecule has 3 rings (SSSR count). The van der Waals surface area contributed by atoms with Gasteiger partial charge in [-0.05, 0) is 30.3 Å². The molecular formula is C24H26Cl2FN3O5. The van der Waals surface area contributed by atoms with Gasteiger partial charge in [-0.1, -0.05) is 29.8 Å². The lowest BCUT2D eigenvalue weighted by molar-refractivity contribution is -0.128. The van der Waals surface area contributed by atoms with Crippen molar-refractivity contribution >= 4 is 35.0 Å². The van der Waals surface area contributed by atoms with Crippen LogP contribution in [0.1, 0.15) is 24.4 Å². The van der Waals surface area contributed by atoms with Gasteiger partial charge in [0.25, 0.3) is 11.8 Å². The van der Waals surface area contributed by atoms with Gasteiger partial charge in [-0.25, -0.2) is 4.39 Å². The van der Waals surface area contributed by atoms with Gasteiger partial charge in [-0.3, -0.25) is 9.59 Å². The number of aliphatic hydroxyl groups is 1. The molecule has 2 aromatic rings. The zero-order chi connectivity index (χ0) is 25.4. The maximum atomic E-state index is 13.4. The predicted octanol–water partition coefficient (Wildman–Crippen LogP) is 3.12. The van der Waals surface area contributed by atoms with Crippen LogP contribution in [0.3, 0.4) is 0 Å². The molecule has 35 heavy (non-hydrogen) atoms. The van der Waals surface area contributed by atoms with E-state index in [0.717, 1.165) is 11.6 Å². The van der Waals surface area contributed by atoms with E-state index >= 15 is 0 Å². The van der Waals surface area contributed by atoms with E-state index in [0.29, 0.717) is 29.4 Å². The molecule has 188 valence electrons. The van der Waals surface area contributed by atoms with E-state index in [1.54, 1.807) is 18.2 Å². The number of carbonyl (C=O) groups is 2. The second kappa shape index (κ2) is 12.7. The van der Waals surface area contributed by atoms with Crippen LogP contribution in [0.2, 0.25) is 10.0 Å². The van der Waals surface area contributed by atoms with Crippen LogP contribution in [-0.2, 0) is 9.59 Å². The fourth-order valence-electron chi connectivity index (χ4n) is 3.47. The van der Waals surface area contributed by atoms with E-state index in [1.807, 2.05) is 0 Å². The van der Waals surface area contributed by atoms with Gasteiger partial charge in [-0.2, -0.15) is 0 Å². The molecule has 0 aromatic heterocycles. The van der Waals surface area contributed by atoms with E-state index in [2.05, 4.69) is 22.5 Å². The van der Waals surface area contributed by atoms with Gasteiger partial charge in [0, 0.05) is 54.3 Å². The maximum Gasteiger partial charge on any atom is 0.265 e. The second-order valence-corrected chi connectivity index (χ2v) is 8.66. The minimum atomic E-state index is -0.778. The van der Waals surface area contributed by atoms with Crippen LogP contribution in [0.5, 0.6) is 11.5 Å². The summed E-state index contributed by atoms with van der Waals surface area (Å²) in [5.74, 6) is -0.702. The molecule has 1 aliphatic heterocycles. The Morgan fingerprint density at radius 3 is 2.74 bits per heavy atom. The number of carbonyl (C=O) groups excluding carboxylic acids is 2. The van der Waals surface area contributed by atoms with Crippen molar-refractivity contribution in [3.63, 3.8) is 0 Å². The van der Waals surface area contributed by atoms with Crippen LogP contribution in [0.25, 0.3) is 0 Å². The van der Waals surface area contributed by atoms with Gasteiger partial charge in [0.2, 0.25) is 0 Å². The highest BCUT2D eigenvalue weighted by atomic mass is 35.5. The molecule has 2 aromatic carbocycles. The Hall–Kier alpha value is -2.85. The van der Waals surface area contributed by atoms with Gasteiger partial charge < -0.3 is 30.5 Å². The summed E-state index contributed by atoms with van der Waals surface area (Å²) in [5.41, 5.74) is 1.22. The molecule has 2 unspecified atom stereocenters. The topological polar surface area (TPSA) is 109 Å². The molecule has 2 amide bonds. The standard InChI is InChI=1S/C24H26Cl2FN3O5/c1-14(6-7-29-23(32)13-34-16-3-4-18(26)19(27)11-16)30-24(33)22-12-20(28-8-9-31)17-10-15(25)2-5-21(17)35-22/h2-5,10-11,20,22,28,31H,1,6-9,12-13H2,(H,29,32)(H,30,33). The number of halogens is 3. The summed E-state index contributed by atoms with van der Waals surface area (Å²) in [7, 11) is 0. The average Bonchev–Trinajstić information content (AvgIpc) is 2.83. The van der Waals surface area contributed by atoms with E-state index in [-0.39, 0.29) is 48.9 Å². The lowest BCUT2D eigenvalue weighted by Crippen LogP contribution is -2.44. The highest BCUT2D eigenvalue weighted by molar-refractivity contribution is 6.31. The van der Waals surface area contributed by atoms with Crippen molar-refractivity contribution in [1.82, 2.24) is 16.0 Å². The summed E-state index contributed by atoms with van der Waals surface area (Å²) in [5, 5.41) is 18.2. The van der Waals surface area contributed by atoms with Gasteiger partial charge >= 0.3 is 0 Å². The third-order valence-corrected chi connectivity index (χ3v) is 5.71. The van der Waals surface area contributed by atoms with Crippen LogP contribution in [0.4, 0.5) is 4.39 Å². The zero-order valence-electron chi connectivity index (χ0n) is 18.8. The maximum absolute atomic E-state index is 13.4. The van der Waals surface area contributed by atoms with Gasteiger partial charge in [0.1, 0.15) is 17.3 Å². The first-order valence-electron chi connectivity index (χ1n) is 10.9. The molecule has 0 aliphatic carbocycles. The summed E-state index contributed by atoms with van der Waals surface area (Å²) >= 11 is 11.7. The fourth-order valence-corrected chi connectivity index (χ4v) is 3.77. The number of nitrogens with one attached hydrogen (secondary N) is 3. The predicted molar refractivity (Wildman–Crippen MR) is 130 cm³/mol. The summed E-state index contributed by atoms with van der Waals surface area (Å²) in [6.07, 6.45) is -0.149. The number of rotatable bonds is 11. The number of ether oxygens (including phenoxy) is 2. The molecular weight excluding hydrogens is 500 g/mol. The number of hydrogen-bond acceptors (Lipinski definition) is 6. The van der Waals surface area contributed by atoms with Crippen LogP contribution in [0, 0.1) is 5.82 Å². The first kappa shape index (κ1) is 26.7. The number of aliphatic hydroxyl groups excluding tert-OH is 1. The van der Waals surface area contributed by atoms with Crippen molar-refractivity contribution < 1.29 is 28.6 Å². The van der Waals surface area contributed by atoms with Gasteiger partial charge in [0.05, 0.1) is 11.6 Å². The summed E-state index contributed by atoms with van der Waals surface area (Å²) in [6, 6.07) is 8.83. The van der Waals surface area contributed by atoms with E-state index in [4.69, 9.17) is 37.8 Å². The summed E-state index contributed by atoms with van der Waals surface area (Å²) < 4.78 is 24.5. The van der Waals surface area contributed by atoms with Crippen LogP contribution in [-0.4, -0.2) is 49.3 Å². The van der Waals surface area contributed by atoms with Gasteiger partial charge in [-0.15, -0.1) is 0 Å². The van der Waals surface area contributed by atoms with Crippen LogP contribution >= 0.6 is 23.2 Å². The summed E-state index contributed by atoms with van der Waals surface area (Å²) in [4.78, 5) is 24.7. The Morgan fingerprint density at radius 1 is 1.20 bits per heavy atom. The number of fused-ring (bicyclic) bond motifs is 1. The molecule has 4 N–H and O–H groups in total. The zero-order valence-corrected chi connectivity index (χ0v) is 20.3. The highest BCUT2D eigenvalue weighted by Crippen LogP contribution is 2.36. The molecule has 1 aliphatic rings. The normalized spacial score (nSPS) is 16.6. The Morgan fingerprint density at radius 2 is 2.00 bits per heavy atom. The van der Waals surface area contributed by atoms with Crippen molar-refractivity contribution in [2.24, 2.45) is 0 Å². The minimum Gasteiger partial charge on any atom is -0.484 e. The molecule has 8 nitrogen and oxygen atoms in total. The monoisotopic (exact) mass is 525 g/mol. The first-order chi connectivity index (χ1) is 16.8. The Kier molecular flexibility index (Phi) is 9.73. The Balaban J connectivity index is 1.44. The second-order valence-electron chi connectivity index (χ2n) is 7.81. The quantitative estimate of drug-likeness (QED) is 0.359. The molecule has 1 heterocycles. The lowest BCUT2D eigenvalue weighted by atomic mass is 9.96. The minimum absolute atomic E-state index is 0.0356. The van der Waals surface area contributed by atoms with Gasteiger partial charge in [0.15, 0.2) is 12.7 Å². The molecule has 0 radical (unpaired) electrons. The Labute approximate surface area is 212 Å². The summed E-state index contributed by atoms with van der Waals surface area (Å²) in [6.45, 7) is 4.05. The van der Waals surface area contributed by atoms with Crippen molar-refractivity contribution in [1.29, 1.82) is 0 Å². The van der Waals surface area contributed by atoms with Crippen LogP contribution in [0.15, 0.2) is 48.7 Å². The molecule has 0 saturated carbocycles. The first-order valence-corrected chi connectivity index (χ1v) is 11.7. The number of amides is 2. The number of benzene rings is 2. The fraction of sp³-hybridized carbons (Fsp3) is 0.333.